The fourth-order valence-electron chi connectivity index (χ4n) is 1.15. The standard InChI is InChI=1S/C9H16O5/c1-3-4-5-6(9(13)14-2)7(10)8(11)12/h6-7,10H,3-5H2,1-2H3,(H,11,12). The van der Waals surface area contributed by atoms with Crippen LogP contribution in [0.25, 0.3) is 0 Å². The van der Waals surface area contributed by atoms with Gasteiger partial charge in [-0.25, -0.2) is 4.79 Å². The van der Waals surface area contributed by atoms with Gasteiger partial charge in [-0.3, -0.25) is 4.79 Å². The maximum absolute atomic E-state index is 11.1. The summed E-state index contributed by atoms with van der Waals surface area (Å²) in [5.41, 5.74) is 0. The lowest BCUT2D eigenvalue weighted by molar-refractivity contribution is -0.161. The maximum Gasteiger partial charge on any atom is 0.333 e. The second-order valence-corrected chi connectivity index (χ2v) is 3.05. The van der Waals surface area contributed by atoms with E-state index in [9.17, 15) is 14.7 Å². The van der Waals surface area contributed by atoms with Crippen molar-refractivity contribution in [1.29, 1.82) is 0 Å². The van der Waals surface area contributed by atoms with Crippen molar-refractivity contribution < 1.29 is 24.5 Å². The van der Waals surface area contributed by atoms with E-state index >= 15 is 0 Å². The van der Waals surface area contributed by atoms with Crippen LogP contribution in [-0.4, -0.2) is 35.4 Å². The highest BCUT2D eigenvalue weighted by atomic mass is 16.5. The third-order valence-corrected chi connectivity index (χ3v) is 2.01. The third-order valence-electron chi connectivity index (χ3n) is 2.01. The van der Waals surface area contributed by atoms with Crippen molar-refractivity contribution in [3.63, 3.8) is 0 Å². The predicted octanol–water partition coefficient (Wildman–Crippen LogP) is 0.411. The van der Waals surface area contributed by atoms with E-state index in [0.717, 1.165) is 6.42 Å². The van der Waals surface area contributed by atoms with Gasteiger partial charge in [-0.15, -0.1) is 0 Å². The normalized spacial score (nSPS) is 14.5. The molecule has 0 fully saturated rings. The van der Waals surface area contributed by atoms with Gasteiger partial charge in [0.15, 0.2) is 6.10 Å². The summed E-state index contributed by atoms with van der Waals surface area (Å²) < 4.78 is 4.42. The second-order valence-electron chi connectivity index (χ2n) is 3.05. The van der Waals surface area contributed by atoms with Crippen LogP contribution in [0.5, 0.6) is 0 Å². The number of hydrogen-bond donors (Lipinski definition) is 2. The minimum Gasteiger partial charge on any atom is -0.479 e. The van der Waals surface area contributed by atoms with Crippen molar-refractivity contribution in [1.82, 2.24) is 0 Å². The zero-order valence-corrected chi connectivity index (χ0v) is 8.40. The van der Waals surface area contributed by atoms with Gasteiger partial charge in [-0.05, 0) is 6.42 Å². The Hall–Kier alpha value is -1.10. The van der Waals surface area contributed by atoms with Gasteiger partial charge in [-0.2, -0.15) is 0 Å². The van der Waals surface area contributed by atoms with Crippen molar-refractivity contribution in [3.05, 3.63) is 0 Å². The van der Waals surface area contributed by atoms with Crippen molar-refractivity contribution in [3.8, 4) is 0 Å². The Bertz CT molecular complexity index is 201. The summed E-state index contributed by atoms with van der Waals surface area (Å²) in [6.07, 6.45) is 0.176. The molecule has 14 heavy (non-hydrogen) atoms. The molecule has 0 saturated carbocycles. The summed E-state index contributed by atoms with van der Waals surface area (Å²) in [6.45, 7) is 1.92. The molecule has 5 nitrogen and oxygen atoms in total. The number of carbonyl (C=O) groups excluding carboxylic acids is 1. The van der Waals surface area contributed by atoms with Crippen LogP contribution in [0.2, 0.25) is 0 Å². The van der Waals surface area contributed by atoms with E-state index in [1.807, 2.05) is 6.92 Å². The third kappa shape index (κ3) is 3.74. The van der Waals surface area contributed by atoms with E-state index in [2.05, 4.69) is 4.74 Å². The Kier molecular flexibility index (Phi) is 5.87. The Morgan fingerprint density at radius 3 is 2.36 bits per heavy atom. The van der Waals surface area contributed by atoms with Crippen LogP contribution >= 0.6 is 0 Å². The number of aliphatic hydroxyl groups excluding tert-OH is 1. The SMILES string of the molecule is CCCCC(C(=O)OC)C(O)C(=O)O. The summed E-state index contributed by atoms with van der Waals surface area (Å²) in [5, 5.41) is 17.8. The van der Waals surface area contributed by atoms with E-state index in [4.69, 9.17) is 5.11 Å². The van der Waals surface area contributed by atoms with Gasteiger partial charge < -0.3 is 14.9 Å². The molecule has 0 spiro atoms. The van der Waals surface area contributed by atoms with E-state index in [0.29, 0.717) is 12.8 Å². The van der Waals surface area contributed by atoms with Gasteiger partial charge in [0.05, 0.1) is 13.0 Å². The van der Waals surface area contributed by atoms with Crippen molar-refractivity contribution in [2.75, 3.05) is 7.11 Å². The van der Waals surface area contributed by atoms with Gasteiger partial charge in [0.25, 0.3) is 0 Å². The first-order chi connectivity index (χ1) is 6.54. The number of carboxylic acid groups (broad SMARTS) is 1. The number of carbonyl (C=O) groups is 2. The molecule has 0 aliphatic heterocycles. The molecule has 0 aromatic carbocycles. The number of esters is 1. The molecule has 82 valence electrons. The molecule has 5 heteroatoms. The summed E-state index contributed by atoms with van der Waals surface area (Å²) in [5.74, 6) is -3.03. The fourth-order valence-corrected chi connectivity index (χ4v) is 1.15. The first-order valence-corrected chi connectivity index (χ1v) is 4.53. The number of hydrogen-bond acceptors (Lipinski definition) is 4. The highest BCUT2D eigenvalue weighted by molar-refractivity contribution is 5.82. The molecule has 2 N–H and O–H groups in total. The molecule has 2 atom stereocenters. The topological polar surface area (TPSA) is 83.8 Å². The van der Waals surface area contributed by atoms with Crippen LogP contribution < -0.4 is 0 Å². The molecule has 0 radical (unpaired) electrons. The molecule has 0 amide bonds. The zero-order chi connectivity index (χ0) is 11.1. The van der Waals surface area contributed by atoms with Gasteiger partial charge >= 0.3 is 11.9 Å². The number of carboxylic acids is 1. The van der Waals surface area contributed by atoms with Gasteiger partial charge in [0.1, 0.15) is 0 Å². The zero-order valence-electron chi connectivity index (χ0n) is 8.40. The molecule has 0 heterocycles. The lowest BCUT2D eigenvalue weighted by atomic mass is 9.96. The summed E-state index contributed by atoms with van der Waals surface area (Å²) in [6, 6.07) is 0. The lowest BCUT2D eigenvalue weighted by Crippen LogP contribution is -2.35. The Labute approximate surface area is 82.7 Å². The number of unbranched alkanes of at least 4 members (excludes halogenated alkanes) is 1. The van der Waals surface area contributed by atoms with Crippen LogP contribution in [0, 0.1) is 5.92 Å². The van der Waals surface area contributed by atoms with Gasteiger partial charge in [0, 0.05) is 0 Å². The Morgan fingerprint density at radius 2 is 2.00 bits per heavy atom. The maximum atomic E-state index is 11.1. The number of ether oxygens (including phenoxy) is 1. The fraction of sp³-hybridized carbons (Fsp3) is 0.778. The van der Waals surface area contributed by atoms with Crippen LogP contribution in [-0.2, 0) is 14.3 Å². The lowest BCUT2D eigenvalue weighted by Gasteiger charge is -2.16. The van der Waals surface area contributed by atoms with Gasteiger partial charge in [0.2, 0.25) is 0 Å². The first kappa shape index (κ1) is 12.9. The highest BCUT2D eigenvalue weighted by Gasteiger charge is 2.32. The molecule has 0 bridgehead atoms. The van der Waals surface area contributed by atoms with Crippen molar-refractivity contribution >= 4 is 11.9 Å². The van der Waals surface area contributed by atoms with E-state index in [1.165, 1.54) is 7.11 Å². The molecule has 2 unspecified atom stereocenters. The number of rotatable bonds is 6. The Balaban J connectivity index is 4.37. The monoisotopic (exact) mass is 204 g/mol. The highest BCUT2D eigenvalue weighted by Crippen LogP contribution is 2.15. The second kappa shape index (κ2) is 6.37. The smallest absolute Gasteiger partial charge is 0.333 e. The van der Waals surface area contributed by atoms with Crippen molar-refractivity contribution in [2.24, 2.45) is 5.92 Å². The van der Waals surface area contributed by atoms with Crippen molar-refractivity contribution in [2.45, 2.75) is 32.3 Å². The average Bonchev–Trinajstić information content (AvgIpc) is 2.17. The minimum atomic E-state index is -1.67. The molecular weight excluding hydrogens is 188 g/mol. The van der Waals surface area contributed by atoms with Crippen LogP contribution in [0.4, 0.5) is 0 Å². The summed E-state index contributed by atoms with van der Waals surface area (Å²) >= 11 is 0. The first-order valence-electron chi connectivity index (χ1n) is 4.53. The molecule has 0 aromatic rings. The predicted molar refractivity (Wildman–Crippen MR) is 48.7 cm³/mol. The summed E-state index contributed by atoms with van der Waals surface area (Å²) in [4.78, 5) is 21.6. The molecule has 0 aliphatic carbocycles. The number of methoxy groups -OCH3 is 1. The largest absolute Gasteiger partial charge is 0.479 e. The molecule has 0 rings (SSSR count). The minimum absolute atomic E-state index is 0.330. The van der Waals surface area contributed by atoms with E-state index in [1.54, 1.807) is 0 Å². The quantitative estimate of drug-likeness (QED) is 0.612. The molecule has 0 saturated heterocycles. The molecule has 0 aromatic heterocycles. The Morgan fingerprint density at radius 1 is 1.43 bits per heavy atom. The molecule has 0 aliphatic rings. The number of aliphatic carboxylic acids is 1. The van der Waals surface area contributed by atoms with E-state index < -0.39 is 24.0 Å². The average molecular weight is 204 g/mol. The number of aliphatic hydroxyl groups is 1. The van der Waals surface area contributed by atoms with Crippen LogP contribution in [0.15, 0.2) is 0 Å². The van der Waals surface area contributed by atoms with E-state index in [-0.39, 0.29) is 0 Å². The molecular formula is C9H16O5. The van der Waals surface area contributed by atoms with Crippen LogP contribution in [0.3, 0.4) is 0 Å². The van der Waals surface area contributed by atoms with Gasteiger partial charge in [-0.1, -0.05) is 19.8 Å². The van der Waals surface area contributed by atoms with Crippen LogP contribution in [0.1, 0.15) is 26.2 Å². The summed E-state index contributed by atoms with van der Waals surface area (Å²) in [7, 11) is 1.18.